The third-order valence-corrected chi connectivity index (χ3v) is 6.43. The Morgan fingerprint density at radius 2 is 1.93 bits per heavy atom. The molecule has 1 amide bonds. The molecule has 28 heavy (non-hydrogen) atoms. The van der Waals surface area contributed by atoms with Gasteiger partial charge in [-0.15, -0.1) is 11.3 Å². The SMILES string of the molecule is CSCc1ccc(C(=O)Nc2nc3c(s2)CN(Cc2ccccc2)CC3)cc1. The van der Waals surface area contributed by atoms with Gasteiger partial charge >= 0.3 is 0 Å². The first-order valence-electron chi connectivity index (χ1n) is 9.35. The summed E-state index contributed by atoms with van der Waals surface area (Å²) < 4.78 is 0. The maximum absolute atomic E-state index is 12.5. The van der Waals surface area contributed by atoms with Crippen LogP contribution in [-0.2, 0) is 25.3 Å². The summed E-state index contributed by atoms with van der Waals surface area (Å²) in [5.41, 5.74) is 4.35. The van der Waals surface area contributed by atoms with Crippen molar-refractivity contribution in [1.29, 1.82) is 0 Å². The van der Waals surface area contributed by atoms with Gasteiger partial charge in [-0.05, 0) is 29.5 Å². The lowest BCUT2D eigenvalue weighted by Crippen LogP contribution is -2.29. The third kappa shape index (κ3) is 4.63. The average Bonchev–Trinajstić information content (AvgIpc) is 3.11. The number of anilines is 1. The quantitative estimate of drug-likeness (QED) is 0.634. The van der Waals surface area contributed by atoms with E-state index >= 15 is 0 Å². The number of amides is 1. The van der Waals surface area contributed by atoms with Crippen LogP contribution < -0.4 is 5.32 Å². The number of rotatable bonds is 6. The number of nitrogens with zero attached hydrogens (tertiary/aromatic N) is 2. The zero-order valence-electron chi connectivity index (χ0n) is 15.9. The minimum absolute atomic E-state index is 0.0945. The van der Waals surface area contributed by atoms with Gasteiger partial charge in [-0.2, -0.15) is 11.8 Å². The monoisotopic (exact) mass is 409 g/mol. The Bertz CT molecular complexity index is 938. The molecule has 0 atom stereocenters. The summed E-state index contributed by atoms with van der Waals surface area (Å²) in [4.78, 5) is 20.9. The Morgan fingerprint density at radius 1 is 1.14 bits per heavy atom. The van der Waals surface area contributed by atoms with Crippen LogP contribution in [0.25, 0.3) is 0 Å². The smallest absolute Gasteiger partial charge is 0.257 e. The van der Waals surface area contributed by atoms with E-state index < -0.39 is 0 Å². The third-order valence-electron chi connectivity index (χ3n) is 4.81. The van der Waals surface area contributed by atoms with E-state index in [1.807, 2.05) is 30.3 Å². The van der Waals surface area contributed by atoms with E-state index in [0.717, 1.165) is 37.5 Å². The fourth-order valence-electron chi connectivity index (χ4n) is 3.37. The fraction of sp³-hybridized carbons (Fsp3) is 0.273. The van der Waals surface area contributed by atoms with E-state index in [9.17, 15) is 4.79 Å². The van der Waals surface area contributed by atoms with Crippen LogP contribution in [-0.4, -0.2) is 28.6 Å². The molecule has 0 aliphatic carbocycles. The van der Waals surface area contributed by atoms with E-state index in [-0.39, 0.29) is 5.91 Å². The molecule has 1 aliphatic heterocycles. The molecule has 0 fully saturated rings. The number of aromatic nitrogens is 1. The highest BCUT2D eigenvalue weighted by Crippen LogP contribution is 2.29. The van der Waals surface area contributed by atoms with Gasteiger partial charge in [-0.25, -0.2) is 4.98 Å². The van der Waals surface area contributed by atoms with Crippen molar-refractivity contribution in [3.05, 3.63) is 81.9 Å². The van der Waals surface area contributed by atoms with Crippen LogP contribution in [0.3, 0.4) is 0 Å². The second kappa shape index (κ2) is 8.90. The highest BCUT2D eigenvalue weighted by Gasteiger charge is 2.21. The molecule has 6 heteroatoms. The average molecular weight is 410 g/mol. The first-order chi connectivity index (χ1) is 13.7. The predicted octanol–water partition coefficient (Wildman–Crippen LogP) is 4.82. The number of thiazole rings is 1. The molecule has 4 rings (SSSR count). The van der Waals surface area contributed by atoms with E-state index in [1.54, 1.807) is 23.1 Å². The summed E-state index contributed by atoms with van der Waals surface area (Å²) in [6, 6.07) is 18.3. The van der Waals surface area contributed by atoms with Gasteiger partial charge in [0.15, 0.2) is 5.13 Å². The van der Waals surface area contributed by atoms with Gasteiger partial charge in [0.25, 0.3) is 5.91 Å². The molecule has 0 spiro atoms. The molecule has 1 aliphatic rings. The molecule has 144 valence electrons. The van der Waals surface area contributed by atoms with Gasteiger partial charge in [0, 0.05) is 42.2 Å². The molecular formula is C22H23N3OS2. The molecule has 0 unspecified atom stereocenters. The largest absolute Gasteiger partial charge is 0.298 e. The predicted molar refractivity (Wildman–Crippen MR) is 118 cm³/mol. The summed E-state index contributed by atoms with van der Waals surface area (Å²) in [6.45, 7) is 2.83. The highest BCUT2D eigenvalue weighted by molar-refractivity contribution is 7.97. The van der Waals surface area contributed by atoms with Crippen LogP contribution in [0.4, 0.5) is 5.13 Å². The summed E-state index contributed by atoms with van der Waals surface area (Å²) >= 11 is 3.37. The fourth-order valence-corrected chi connectivity index (χ4v) is 4.94. The second-order valence-corrected chi connectivity index (χ2v) is 8.87. The number of carbonyl (C=O) groups excluding carboxylic acids is 1. The van der Waals surface area contributed by atoms with Crippen LogP contribution in [0, 0.1) is 0 Å². The number of hydrogen-bond acceptors (Lipinski definition) is 5. The maximum Gasteiger partial charge on any atom is 0.257 e. The highest BCUT2D eigenvalue weighted by atomic mass is 32.2. The van der Waals surface area contributed by atoms with E-state index in [4.69, 9.17) is 0 Å². The minimum Gasteiger partial charge on any atom is -0.298 e. The van der Waals surface area contributed by atoms with Crippen molar-refractivity contribution in [3.63, 3.8) is 0 Å². The van der Waals surface area contributed by atoms with Crippen molar-refractivity contribution in [2.75, 3.05) is 18.1 Å². The first-order valence-corrected chi connectivity index (χ1v) is 11.6. The molecule has 4 nitrogen and oxygen atoms in total. The maximum atomic E-state index is 12.5. The van der Waals surface area contributed by atoms with Crippen molar-refractivity contribution in [1.82, 2.24) is 9.88 Å². The van der Waals surface area contributed by atoms with E-state index in [0.29, 0.717) is 10.7 Å². The molecular weight excluding hydrogens is 386 g/mol. The number of thioether (sulfide) groups is 1. The van der Waals surface area contributed by atoms with Crippen LogP contribution in [0.2, 0.25) is 0 Å². The molecule has 1 aromatic heterocycles. The zero-order chi connectivity index (χ0) is 19.3. The van der Waals surface area contributed by atoms with Gasteiger partial charge in [-0.1, -0.05) is 42.5 Å². The molecule has 0 saturated heterocycles. The molecule has 1 N–H and O–H groups in total. The number of benzene rings is 2. The lowest BCUT2D eigenvalue weighted by Gasteiger charge is -2.25. The van der Waals surface area contributed by atoms with Crippen LogP contribution >= 0.6 is 23.1 Å². The van der Waals surface area contributed by atoms with Gasteiger partial charge in [0.1, 0.15) is 0 Å². The summed E-state index contributed by atoms with van der Waals surface area (Å²) in [6.07, 6.45) is 3.00. The standard InChI is InChI=1S/C22H23N3OS2/c1-27-15-17-7-9-18(10-8-17)21(26)24-22-23-19-11-12-25(14-20(19)28-22)13-16-5-3-2-4-6-16/h2-10H,11-15H2,1H3,(H,23,24,26). The zero-order valence-corrected chi connectivity index (χ0v) is 17.5. The van der Waals surface area contributed by atoms with Gasteiger partial charge in [0.05, 0.1) is 5.69 Å². The van der Waals surface area contributed by atoms with E-state index in [1.165, 1.54) is 16.0 Å². The lowest BCUT2D eigenvalue weighted by atomic mass is 10.1. The Kier molecular flexibility index (Phi) is 6.10. The van der Waals surface area contributed by atoms with Crippen LogP contribution in [0.15, 0.2) is 54.6 Å². The number of nitrogens with one attached hydrogen (secondary N) is 1. The van der Waals surface area contributed by atoms with Crippen molar-refractivity contribution >= 4 is 34.1 Å². The normalized spacial score (nSPS) is 13.9. The van der Waals surface area contributed by atoms with Crippen molar-refractivity contribution < 1.29 is 4.79 Å². The van der Waals surface area contributed by atoms with Gasteiger partial charge < -0.3 is 0 Å². The molecule has 0 bridgehead atoms. The molecule has 3 aromatic rings. The Hall–Kier alpha value is -2.15. The Labute approximate surface area is 174 Å². The molecule has 0 radical (unpaired) electrons. The Balaban J connectivity index is 1.39. The number of carbonyl (C=O) groups is 1. The molecule has 2 heterocycles. The Morgan fingerprint density at radius 3 is 2.68 bits per heavy atom. The molecule has 0 saturated carbocycles. The second-order valence-electron chi connectivity index (χ2n) is 6.92. The summed E-state index contributed by atoms with van der Waals surface area (Å²) in [5, 5.41) is 3.68. The number of hydrogen-bond donors (Lipinski definition) is 1. The topological polar surface area (TPSA) is 45.2 Å². The first kappa shape index (κ1) is 19.2. The van der Waals surface area contributed by atoms with Crippen LogP contribution in [0.5, 0.6) is 0 Å². The van der Waals surface area contributed by atoms with E-state index in [2.05, 4.69) is 45.7 Å². The summed E-state index contributed by atoms with van der Waals surface area (Å²) in [5.74, 6) is 0.864. The molecule has 2 aromatic carbocycles. The minimum atomic E-state index is -0.0945. The lowest BCUT2D eigenvalue weighted by molar-refractivity contribution is 0.102. The number of fused-ring (bicyclic) bond motifs is 1. The van der Waals surface area contributed by atoms with Gasteiger partial charge in [-0.3, -0.25) is 15.0 Å². The van der Waals surface area contributed by atoms with Gasteiger partial charge in [0.2, 0.25) is 0 Å². The van der Waals surface area contributed by atoms with Crippen LogP contribution in [0.1, 0.15) is 32.1 Å². The van der Waals surface area contributed by atoms with Crippen molar-refractivity contribution in [2.45, 2.75) is 25.3 Å². The summed E-state index contributed by atoms with van der Waals surface area (Å²) in [7, 11) is 0. The van der Waals surface area contributed by atoms with Crippen molar-refractivity contribution in [3.8, 4) is 0 Å². The van der Waals surface area contributed by atoms with Crippen molar-refractivity contribution in [2.24, 2.45) is 0 Å².